The minimum absolute atomic E-state index is 0.171. The number of aromatic nitrogens is 3. The van der Waals surface area contributed by atoms with E-state index in [-0.39, 0.29) is 22.4 Å². The SMILES string of the molecule is CC1=Nc2c(c(=O)[nH]n2C2CCOCC2)[C@H](c2ccc[nH]c2=O)S1. The largest absolute Gasteiger partial charge is 0.381 e. The Kier molecular flexibility index (Phi) is 3.93. The molecule has 7 nitrogen and oxygen atoms in total. The molecule has 0 spiro atoms. The Labute approximate surface area is 142 Å². The van der Waals surface area contributed by atoms with E-state index in [2.05, 4.69) is 15.1 Å². The third-order valence-corrected chi connectivity index (χ3v) is 5.59. The molecule has 8 heteroatoms. The standard InChI is InChI=1S/C16H18N4O3S/c1-9-18-14-12(13(24-9)11-3-2-6-17-15(11)21)16(22)19-20(14)10-4-7-23-8-5-10/h2-3,6,10,13H,4-5,7-8H2,1H3,(H,17,21)(H,19,22)/t13-/m0/s1. The third-order valence-electron chi connectivity index (χ3n) is 4.44. The van der Waals surface area contributed by atoms with Crippen LogP contribution in [0.25, 0.3) is 0 Å². The highest BCUT2D eigenvalue weighted by atomic mass is 32.2. The van der Waals surface area contributed by atoms with Crippen molar-refractivity contribution >= 4 is 22.6 Å². The smallest absolute Gasteiger partial charge is 0.271 e. The Balaban J connectivity index is 1.86. The molecule has 126 valence electrons. The average Bonchev–Trinajstić information content (AvgIpc) is 2.92. The Morgan fingerprint density at radius 1 is 1.29 bits per heavy atom. The van der Waals surface area contributed by atoms with Crippen LogP contribution in [0.15, 0.2) is 32.9 Å². The predicted octanol–water partition coefficient (Wildman–Crippen LogP) is 2.10. The number of aliphatic imine (C=N–C) groups is 1. The fourth-order valence-corrected chi connectivity index (χ4v) is 4.40. The van der Waals surface area contributed by atoms with Crippen LogP contribution in [0.3, 0.4) is 0 Å². The molecule has 0 saturated carbocycles. The highest BCUT2D eigenvalue weighted by molar-refractivity contribution is 8.14. The number of ether oxygens (including phenoxy) is 1. The molecule has 4 rings (SSSR count). The van der Waals surface area contributed by atoms with Crippen molar-refractivity contribution in [2.45, 2.75) is 31.1 Å². The highest BCUT2D eigenvalue weighted by Gasteiger charge is 2.33. The third kappa shape index (κ3) is 2.55. The number of hydrogen-bond donors (Lipinski definition) is 2. The van der Waals surface area contributed by atoms with Crippen LogP contribution in [-0.2, 0) is 4.74 Å². The molecule has 0 amide bonds. The molecule has 2 N–H and O–H groups in total. The van der Waals surface area contributed by atoms with Gasteiger partial charge in [-0.05, 0) is 25.8 Å². The molecule has 0 unspecified atom stereocenters. The molecule has 1 saturated heterocycles. The van der Waals surface area contributed by atoms with Crippen molar-refractivity contribution in [1.29, 1.82) is 0 Å². The normalized spacial score (nSPS) is 21.4. The van der Waals surface area contributed by atoms with Gasteiger partial charge in [-0.15, -0.1) is 0 Å². The lowest BCUT2D eigenvalue weighted by Crippen LogP contribution is -2.21. The molecule has 1 atom stereocenters. The van der Waals surface area contributed by atoms with Gasteiger partial charge in [-0.1, -0.05) is 17.8 Å². The van der Waals surface area contributed by atoms with Gasteiger partial charge in [0.15, 0.2) is 5.82 Å². The van der Waals surface area contributed by atoms with Crippen molar-refractivity contribution in [1.82, 2.24) is 14.8 Å². The second kappa shape index (κ2) is 6.10. The number of thioether (sulfide) groups is 1. The summed E-state index contributed by atoms with van der Waals surface area (Å²) in [5, 5.41) is 3.44. The van der Waals surface area contributed by atoms with E-state index in [1.165, 1.54) is 11.8 Å². The molecule has 2 aliphatic rings. The van der Waals surface area contributed by atoms with E-state index in [0.29, 0.717) is 30.2 Å². The number of fused-ring (bicyclic) bond motifs is 1. The molecule has 2 aromatic rings. The first-order valence-electron chi connectivity index (χ1n) is 7.97. The van der Waals surface area contributed by atoms with E-state index in [9.17, 15) is 9.59 Å². The molecule has 2 aromatic heterocycles. The lowest BCUT2D eigenvalue weighted by molar-refractivity contribution is 0.0666. The maximum absolute atomic E-state index is 12.6. The predicted molar refractivity (Wildman–Crippen MR) is 93.4 cm³/mol. The molecular weight excluding hydrogens is 328 g/mol. The van der Waals surface area contributed by atoms with Crippen LogP contribution in [0.5, 0.6) is 0 Å². The van der Waals surface area contributed by atoms with Gasteiger partial charge in [0.2, 0.25) is 0 Å². The van der Waals surface area contributed by atoms with Crippen molar-refractivity contribution < 1.29 is 4.74 Å². The summed E-state index contributed by atoms with van der Waals surface area (Å²) in [5.41, 5.74) is 0.796. The maximum atomic E-state index is 12.6. The van der Waals surface area contributed by atoms with Crippen LogP contribution in [0.2, 0.25) is 0 Å². The van der Waals surface area contributed by atoms with Gasteiger partial charge in [-0.3, -0.25) is 19.4 Å². The summed E-state index contributed by atoms with van der Waals surface area (Å²) in [4.78, 5) is 32.1. The zero-order valence-electron chi connectivity index (χ0n) is 13.2. The second-order valence-electron chi connectivity index (χ2n) is 5.98. The van der Waals surface area contributed by atoms with Gasteiger partial charge in [-0.25, -0.2) is 4.99 Å². The first-order valence-corrected chi connectivity index (χ1v) is 8.85. The summed E-state index contributed by atoms with van der Waals surface area (Å²) in [7, 11) is 0. The number of nitrogens with one attached hydrogen (secondary N) is 2. The molecule has 2 aliphatic heterocycles. The molecule has 1 fully saturated rings. The van der Waals surface area contributed by atoms with E-state index >= 15 is 0 Å². The zero-order chi connectivity index (χ0) is 16.7. The zero-order valence-corrected chi connectivity index (χ0v) is 14.1. The van der Waals surface area contributed by atoms with Crippen LogP contribution >= 0.6 is 11.8 Å². The molecule has 0 bridgehead atoms. The topological polar surface area (TPSA) is 92.2 Å². The first kappa shape index (κ1) is 15.5. The monoisotopic (exact) mass is 346 g/mol. The fraction of sp³-hybridized carbons (Fsp3) is 0.438. The molecule has 0 radical (unpaired) electrons. The van der Waals surface area contributed by atoms with E-state index in [1.807, 2.05) is 11.6 Å². The number of H-pyrrole nitrogens is 2. The summed E-state index contributed by atoms with van der Waals surface area (Å²) in [6.07, 6.45) is 3.28. The van der Waals surface area contributed by atoms with Gasteiger partial charge in [-0.2, -0.15) is 0 Å². The Bertz CT molecular complexity index is 905. The summed E-state index contributed by atoms with van der Waals surface area (Å²) < 4.78 is 7.28. The number of nitrogens with zero attached hydrogens (tertiary/aromatic N) is 2. The van der Waals surface area contributed by atoms with Gasteiger partial charge in [0.1, 0.15) is 0 Å². The van der Waals surface area contributed by atoms with Gasteiger partial charge in [0, 0.05) is 25.0 Å². The number of hydrogen-bond acceptors (Lipinski definition) is 5. The summed E-state index contributed by atoms with van der Waals surface area (Å²) in [6.45, 7) is 3.27. The van der Waals surface area contributed by atoms with Gasteiger partial charge in [0.25, 0.3) is 11.1 Å². The number of rotatable bonds is 2. The molecule has 0 aliphatic carbocycles. The van der Waals surface area contributed by atoms with Crippen molar-refractivity contribution in [3.05, 3.63) is 50.2 Å². The van der Waals surface area contributed by atoms with Crippen molar-refractivity contribution in [3.63, 3.8) is 0 Å². The van der Waals surface area contributed by atoms with Gasteiger partial charge >= 0.3 is 0 Å². The minimum atomic E-state index is -0.340. The molecule has 4 heterocycles. The first-order chi connectivity index (χ1) is 11.6. The minimum Gasteiger partial charge on any atom is -0.381 e. The Morgan fingerprint density at radius 3 is 2.83 bits per heavy atom. The summed E-state index contributed by atoms with van der Waals surface area (Å²) in [6, 6.07) is 3.72. The van der Waals surface area contributed by atoms with Crippen molar-refractivity contribution in [3.8, 4) is 0 Å². The van der Waals surface area contributed by atoms with E-state index in [1.54, 1.807) is 18.3 Å². The van der Waals surface area contributed by atoms with E-state index < -0.39 is 0 Å². The lowest BCUT2D eigenvalue weighted by atomic mass is 10.1. The van der Waals surface area contributed by atoms with Crippen molar-refractivity contribution in [2.75, 3.05) is 13.2 Å². The number of pyridine rings is 1. The highest BCUT2D eigenvalue weighted by Crippen LogP contribution is 2.43. The quantitative estimate of drug-likeness (QED) is 0.871. The number of aromatic amines is 2. The van der Waals surface area contributed by atoms with Crippen LogP contribution in [-0.4, -0.2) is 33.0 Å². The van der Waals surface area contributed by atoms with Gasteiger partial charge in [0.05, 0.1) is 21.9 Å². The summed E-state index contributed by atoms with van der Waals surface area (Å²) >= 11 is 1.44. The second-order valence-corrected chi connectivity index (χ2v) is 7.27. The van der Waals surface area contributed by atoms with Crippen LogP contribution in [0, 0.1) is 0 Å². The molecule has 24 heavy (non-hydrogen) atoms. The lowest BCUT2D eigenvalue weighted by Gasteiger charge is -2.26. The Hall–Kier alpha value is -2.06. The molecule has 0 aromatic carbocycles. The fourth-order valence-electron chi connectivity index (χ4n) is 3.28. The average molecular weight is 346 g/mol. The van der Waals surface area contributed by atoms with Crippen molar-refractivity contribution in [2.24, 2.45) is 4.99 Å². The van der Waals surface area contributed by atoms with E-state index in [0.717, 1.165) is 17.9 Å². The summed E-state index contributed by atoms with van der Waals surface area (Å²) in [5.74, 6) is 0.649. The van der Waals surface area contributed by atoms with Crippen LogP contribution in [0.1, 0.15) is 42.2 Å². The Morgan fingerprint density at radius 2 is 2.08 bits per heavy atom. The van der Waals surface area contributed by atoms with Gasteiger partial charge < -0.3 is 9.72 Å². The van der Waals surface area contributed by atoms with Crippen LogP contribution < -0.4 is 11.1 Å². The van der Waals surface area contributed by atoms with Crippen LogP contribution in [0.4, 0.5) is 5.82 Å². The molecular formula is C16H18N4O3S. The maximum Gasteiger partial charge on any atom is 0.271 e. The van der Waals surface area contributed by atoms with E-state index in [4.69, 9.17) is 4.74 Å².